The highest BCUT2D eigenvalue weighted by Crippen LogP contribution is 2.48. The van der Waals surface area contributed by atoms with E-state index in [2.05, 4.69) is 0 Å². The Hall–Kier alpha value is -3.98. The number of anilines is 1. The Balaban J connectivity index is 1.78. The zero-order valence-corrected chi connectivity index (χ0v) is 24.7. The highest BCUT2D eigenvalue weighted by Gasteiger charge is 2.37. The van der Waals surface area contributed by atoms with Gasteiger partial charge < -0.3 is 24.2 Å². The van der Waals surface area contributed by atoms with Crippen molar-refractivity contribution in [2.75, 3.05) is 25.2 Å². The lowest BCUT2D eigenvalue weighted by Crippen LogP contribution is -2.30. The van der Waals surface area contributed by atoms with Crippen LogP contribution in [0.4, 0.5) is 14.5 Å². The lowest BCUT2D eigenvalue weighted by atomic mass is 9.83. The number of hydrogen-bond acceptors (Lipinski definition) is 5. The van der Waals surface area contributed by atoms with Gasteiger partial charge in [0.1, 0.15) is 11.6 Å². The van der Waals surface area contributed by atoms with Gasteiger partial charge in [0.25, 0.3) is 5.91 Å². The standard InChI is InChI=1S/C33H35F2NO6/c1-17-14-25-21(11-12-36(25)31(37)23-15-19(34)9-10-26(23)40-6)28(27(17)30(32(38)39)42-33(3,4)5)22-16-24(35)29-20(18(22)2)8-7-13-41-29/h9-10,14-16,30H,7-8,11-13H2,1-6H3,(H,38,39). The van der Waals surface area contributed by atoms with Gasteiger partial charge in [-0.2, -0.15) is 0 Å². The van der Waals surface area contributed by atoms with Gasteiger partial charge in [-0.25, -0.2) is 13.6 Å². The number of rotatable bonds is 6. The average molecular weight is 580 g/mol. The third-order valence-electron chi connectivity index (χ3n) is 7.84. The summed E-state index contributed by atoms with van der Waals surface area (Å²) < 4.78 is 46.9. The Morgan fingerprint density at radius 1 is 1.07 bits per heavy atom. The summed E-state index contributed by atoms with van der Waals surface area (Å²) >= 11 is 0. The van der Waals surface area contributed by atoms with E-state index in [-0.39, 0.29) is 23.6 Å². The largest absolute Gasteiger partial charge is 0.496 e. The van der Waals surface area contributed by atoms with Crippen LogP contribution in [-0.4, -0.2) is 42.8 Å². The molecule has 3 aromatic carbocycles. The normalized spacial score (nSPS) is 15.1. The van der Waals surface area contributed by atoms with E-state index in [1.54, 1.807) is 38.7 Å². The molecule has 0 radical (unpaired) electrons. The lowest BCUT2D eigenvalue weighted by Gasteiger charge is -2.30. The van der Waals surface area contributed by atoms with Crippen molar-refractivity contribution >= 4 is 17.6 Å². The predicted octanol–water partition coefficient (Wildman–Crippen LogP) is 6.73. The average Bonchev–Trinajstić information content (AvgIpc) is 3.35. The molecule has 1 unspecified atom stereocenters. The van der Waals surface area contributed by atoms with Crippen LogP contribution in [0.25, 0.3) is 11.1 Å². The first-order chi connectivity index (χ1) is 19.8. The second-order valence-electron chi connectivity index (χ2n) is 11.8. The minimum absolute atomic E-state index is 0.0706. The molecule has 0 bridgehead atoms. The lowest BCUT2D eigenvalue weighted by molar-refractivity contribution is -0.160. The van der Waals surface area contributed by atoms with Crippen LogP contribution in [0.15, 0.2) is 30.3 Å². The number of carbonyl (C=O) groups excluding carboxylic acids is 1. The summed E-state index contributed by atoms with van der Waals surface area (Å²) in [4.78, 5) is 28.1. The number of carboxylic acid groups (broad SMARTS) is 1. The van der Waals surface area contributed by atoms with Crippen LogP contribution in [0.2, 0.25) is 0 Å². The van der Waals surface area contributed by atoms with Gasteiger partial charge in [0.15, 0.2) is 17.7 Å². The molecule has 2 aliphatic rings. The molecule has 2 heterocycles. The maximum Gasteiger partial charge on any atom is 0.337 e. The van der Waals surface area contributed by atoms with E-state index in [0.29, 0.717) is 53.0 Å². The number of amides is 1. The number of carboxylic acids is 1. The fourth-order valence-electron chi connectivity index (χ4n) is 6.05. The predicted molar refractivity (Wildman–Crippen MR) is 155 cm³/mol. The zero-order chi connectivity index (χ0) is 30.5. The molecule has 2 aliphatic heterocycles. The smallest absolute Gasteiger partial charge is 0.337 e. The number of carbonyl (C=O) groups is 2. The number of methoxy groups -OCH3 is 1. The summed E-state index contributed by atoms with van der Waals surface area (Å²) in [6.07, 6.45) is 0.379. The Bertz CT molecular complexity index is 1590. The number of benzene rings is 3. The maximum absolute atomic E-state index is 15.6. The number of aliphatic carboxylic acids is 1. The maximum atomic E-state index is 15.6. The fraction of sp³-hybridized carbons (Fsp3) is 0.394. The van der Waals surface area contributed by atoms with E-state index in [9.17, 15) is 19.1 Å². The molecule has 3 aromatic rings. The first-order valence-corrected chi connectivity index (χ1v) is 14.0. The van der Waals surface area contributed by atoms with E-state index >= 15 is 4.39 Å². The molecule has 42 heavy (non-hydrogen) atoms. The van der Waals surface area contributed by atoms with Crippen LogP contribution in [0.1, 0.15) is 71.5 Å². The van der Waals surface area contributed by atoms with Crippen LogP contribution in [0, 0.1) is 25.5 Å². The van der Waals surface area contributed by atoms with Crippen molar-refractivity contribution in [1.29, 1.82) is 0 Å². The molecule has 1 amide bonds. The molecule has 0 spiro atoms. The fourth-order valence-corrected chi connectivity index (χ4v) is 6.05. The number of fused-ring (bicyclic) bond motifs is 2. The molecule has 222 valence electrons. The highest BCUT2D eigenvalue weighted by molar-refractivity contribution is 6.10. The molecule has 0 saturated carbocycles. The molecule has 0 aliphatic carbocycles. The highest BCUT2D eigenvalue weighted by atomic mass is 19.1. The molecule has 9 heteroatoms. The topological polar surface area (TPSA) is 85.3 Å². The van der Waals surface area contributed by atoms with Gasteiger partial charge in [0, 0.05) is 23.4 Å². The first kappa shape index (κ1) is 29.5. The van der Waals surface area contributed by atoms with Crippen LogP contribution in [0.3, 0.4) is 0 Å². The number of halogens is 2. The summed E-state index contributed by atoms with van der Waals surface area (Å²) in [5, 5.41) is 10.4. The van der Waals surface area contributed by atoms with Gasteiger partial charge in [-0.1, -0.05) is 0 Å². The molecule has 1 atom stereocenters. The number of nitrogens with zero attached hydrogens (tertiary/aromatic N) is 1. The molecular formula is C33H35F2NO6. The molecule has 0 saturated heterocycles. The third-order valence-corrected chi connectivity index (χ3v) is 7.84. The van der Waals surface area contributed by atoms with Gasteiger partial charge in [-0.15, -0.1) is 0 Å². The van der Waals surface area contributed by atoms with Gasteiger partial charge in [-0.05, 0) is 112 Å². The third kappa shape index (κ3) is 5.22. The summed E-state index contributed by atoms with van der Waals surface area (Å²) in [6.45, 7) is 9.67. The summed E-state index contributed by atoms with van der Waals surface area (Å²) in [7, 11) is 1.41. The van der Waals surface area contributed by atoms with Crippen LogP contribution >= 0.6 is 0 Å². The van der Waals surface area contributed by atoms with E-state index in [0.717, 1.165) is 23.6 Å². The Labute approximate surface area is 244 Å². The second-order valence-corrected chi connectivity index (χ2v) is 11.8. The van der Waals surface area contributed by atoms with E-state index in [1.807, 2.05) is 6.92 Å². The number of ether oxygens (including phenoxy) is 3. The minimum Gasteiger partial charge on any atom is -0.496 e. The first-order valence-electron chi connectivity index (χ1n) is 14.0. The monoisotopic (exact) mass is 579 g/mol. The Kier molecular flexibility index (Phi) is 7.74. The number of aryl methyl sites for hydroxylation is 1. The van der Waals surface area contributed by atoms with Crippen molar-refractivity contribution < 1.29 is 37.7 Å². The van der Waals surface area contributed by atoms with E-state index in [4.69, 9.17) is 14.2 Å². The second kappa shape index (κ2) is 11.0. The summed E-state index contributed by atoms with van der Waals surface area (Å²) in [6, 6.07) is 6.93. The van der Waals surface area contributed by atoms with E-state index in [1.165, 1.54) is 25.3 Å². The Morgan fingerprint density at radius 2 is 1.81 bits per heavy atom. The zero-order valence-electron chi connectivity index (χ0n) is 24.7. The Morgan fingerprint density at radius 3 is 2.48 bits per heavy atom. The molecular weight excluding hydrogens is 544 g/mol. The summed E-state index contributed by atoms with van der Waals surface area (Å²) in [5.74, 6) is -2.26. The molecule has 0 fully saturated rings. The van der Waals surface area contributed by atoms with Gasteiger partial charge >= 0.3 is 5.97 Å². The number of hydrogen-bond donors (Lipinski definition) is 1. The molecule has 1 N–H and O–H groups in total. The van der Waals surface area contributed by atoms with Crippen molar-refractivity contribution in [3.63, 3.8) is 0 Å². The van der Waals surface area contributed by atoms with Crippen molar-refractivity contribution in [1.82, 2.24) is 0 Å². The van der Waals surface area contributed by atoms with E-state index < -0.39 is 35.2 Å². The van der Waals surface area contributed by atoms with Gasteiger partial charge in [-0.3, -0.25) is 4.79 Å². The van der Waals surface area contributed by atoms with Gasteiger partial charge in [0.05, 0.1) is 24.9 Å². The van der Waals surface area contributed by atoms with Crippen LogP contribution < -0.4 is 14.4 Å². The summed E-state index contributed by atoms with van der Waals surface area (Å²) in [5.41, 5.74) is 4.10. The van der Waals surface area contributed by atoms with Crippen LogP contribution in [0.5, 0.6) is 11.5 Å². The molecule has 7 nitrogen and oxygen atoms in total. The molecule has 0 aromatic heterocycles. The quantitative estimate of drug-likeness (QED) is 0.349. The SMILES string of the molecule is COc1ccc(F)cc1C(=O)N1CCc2c1cc(C)c(C(OC(C)(C)C)C(=O)O)c2-c1cc(F)c2c(c1C)CCCO2. The van der Waals surface area contributed by atoms with Gasteiger partial charge in [0.2, 0.25) is 0 Å². The minimum atomic E-state index is -1.35. The van der Waals surface area contributed by atoms with Crippen molar-refractivity contribution in [3.8, 4) is 22.6 Å². The van der Waals surface area contributed by atoms with Crippen molar-refractivity contribution in [2.24, 2.45) is 0 Å². The van der Waals surface area contributed by atoms with Crippen molar-refractivity contribution in [2.45, 2.75) is 65.6 Å². The van der Waals surface area contributed by atoms with Crippen LogP contribution in [-0.2, 0) is 22.4 Å². The molecule has 5 rings (SSSR count). The van der Waals surface area contributed by atoms with Crippen molar-refractivity contribution in [3.05, 3.63) is 75.3 Å².